The lowest BCUT2D eigenvalue weighted by molar-refractivity contribution is -0.605. The Morgan fingerprint density at radius 1 is 0.821 bits per heavy atom. The summed E-state index contributed by atoms with van der Waals surface area (Å²) in [5.41, 5.74) is 1.43. The molecule has 7 nitrogen and oxygen atoms in total. The van der Waals surface area contributed by atoms with Crippen molar-refractivity contribution < 1.29 is 44.6 Å². The first kappa shape index (κ1) is 27.8. The van der Waals surface area contributed by atoms with Gasteiger partial charge in [-0.2, -0.15) is 22.3 Å². The second kappa shape index (κ2) is 11.6. The van der Waals surface area contributed by atoms with E-state index < -0.39 is 46.3 Å². The van der Waals surface area contributed by atoms with E-state index in [0.717, 1.165) is 36.4 Å². The van der Waals surface area contributed by atoms with E-state index in [1.807, 2.05) is 0 Å². The van der Waals surface area contributed by atoms with Gasteiger partial charge in [0.05, 0.1) is 4.90 Å². The van der Waals surface area contributed by atoms with Crippen molar-refractivity contribution in [1.29, 1.82) is 0 Å². The number of pyridine rings is 2. The molecule has 1 unspecified atom stereocenters. The standard InChI is InChI=1S/C26H19F5N2O5S/c27-19-3-5-20(6-4-19)39(35,36)24-8-2-18(15-32-24)21(13-16-9-11-33(34)12-10-16)17-1-7-22(37-25(28)29)23(14-17)38-26(30)31/h1-12,14-15,21,25-26H,13H2. The minimum Gasteiger partial charge on any atom is -0.619 e. The first-order chi connectivity index (χ1) is 18.5. The first-order valence-electron chi connectivity index (χ1n) is 11.2. The normalized spacial score (nSPS) is 12.5. The summed E-state index contributed by atoms with van der Waals surface area (Å²) in [6, 6.07) is 13.5. The fourth-order valence-corrected chi connectivity index (χ4v) is 5.03. The van der Waals surface area contributed by atoms with Crippen LogP contribution in [-0.4, -0.2) is 26.6 Å². The number of benzene rings is 2. The van der Waals surface area contributed by atoms with Gasteiger partial charge in [-0.1, -0.05) is 12.1 Å². The summed E-state index contributed by atoms with van der Waals surface area (Å²) in [6.07, 6.45) is 3.98. The molecule has 0 N–H and O–H groups in total. The molecule has 2 aromatic heterocycles. The predicted molar refractivity (Wildman–Crippen MR) is 127 cm³/mol. The van der Waals surface area contributed by atoms with E-state index in [1.54, 1.807) is 0 Å². The Bertz CT molecular complexity index is 1520. The van der Waals surface area contributed by atoms with Gasteiger partial charge < -0.3 is 14.7 Å². The van der Waals surface area contributed by atoms with Gasteiger partial charge in [-0.05, 0) is 65.6 Å². The van der Waals surface area contributed by atoms with Crippen molar-refractivity contribution in [1.82, 2.24) is 4.98 Å². The summed E-state index contributed by atoms with van der Waals surface area (Å²) in [6.45, 7) is -6.60. The van der Waals surface area contributed by atoms with Crippen LogP contribution in [0.3, 0.4) is 0 Å². The Labute approximate surface area is 219 Å². The summed E-state index contributed by atoms with van der Waals surface area (Å²) in [5.74, 6) is -2.49. The predicted octanol–water partition coefficient (Wildman–Crippen LogP) is 5.26. The van der Waals surface area contributed by atoms with Gasteiger partial charge in [-0.15, -0.1) is 0 Å². The van der Waals surface area contributed by atoms with Crippen LogP contribution in [0.5, 0.6) is 11.5 Å². The number of aromatic nitrogens is 2. The molecule has 13 heteroatoms. The van der Waals surface area contributed by atoms with Crippen LogP contribution in [0.1, 0.15) is 22.6 Å². The van der Waals surface area contributed by atoms with E-state index in [9.17, 15) is 35.6 Å². The van der Waals surface area contributed by atoms with Crippen molar-refractivity contribution in [3.05, 3.63) is 113 Å². The quantitative estimate of drug-likeness (QED) is 0.113. The Morgan fingerprint density at radius 3 is 2.03 bits per heavy atom. The summed E-state index contributed by atoms with van der Waals surface area (Å²) in [5, 5.41) is 11.1. The molecule has 2 heterocycles. The van der Waals surface area contributed by atoms with Crippen LogP contribution in [0.4, 0.5) is 22.0 Å². The number of nitrogens with zero attached hydrogens (tertiary/aromatic N) is 2. The highest BCUT2D eigenvalue weighted by molar-refractivity contribution is 7.91. The van der Waals surface area contributed by atoms with E-state index >= 15 is 0 Å². The van der Waals surface area contributed by atoms with Gasteiger partial charge in [0.1, 0.15) is 5.82 Å². The van der Waals surface area contributed by atoms with Crippen LogP contribution < -0.4 is 14.2 Å². The number of rotatable bonds is 10. The van der Waals surface area contributed by atoms with Crippen LogP contribution >= 0.6 is 0 Å². The van der Waals surface area contributed by atoms with Crippen LogP contribution in [0.25, 0.3) is 0 Å². The number of ether oxygens (including phenoxy) is 2. The third-order valence-corrected chi connectivity index (χ3v) is 7.36. The lowest BCUT2D eigenvalue weighted by atomic mass is 9.87. The third kappa shape index (κ3) is 6.79. The topological polar surface area (TPSA) is 92.4 Å². The van der Waals surface area contributed by atoms with Crippen molar-refractivity contribution in [2.24, 2.45) is 0 Å². The number of hydrogen-bond donors (Lipinski definition) is 0. The van der Waals surface area contributed by atoms with Crippen LogP contribution in [-0.2, 0) is 16.3 Å². The van der Waals surface area contributed by atoms with Crippen molar-refractivity contribution in [2.45, 2.75) is 35.5 Å². The smallest absolute Gasteiger partial charge is 0.387 e. The van der Waals surface area contributed by atoms with Gasteiger partial charge in [-0.25, -0.2) is 17.8 Å². The molecule has 4 aromatic rings. The van der Waals surface area contributed by atoms with Gasteiger partial charge in [0, 0.05) is 24.2 Å². The lowest BCUT2D eigenvalue weighted by Crippen LogP contribution is -2.24. The molecule has 204 valence electrons. The summed E-state index contributed by atoms with van der Waals surface area (Å²) in [7, 11) is -4.07. The van der Waals surface area contributed by atoms with Gasteiger partial charge in [0.15, 0.2) is 28.9 Å². The minimum absolute atomic E-state index is 0.167. The Hall–Kier alpha value is -4.26. The second-order valence-corrected chi connectivity index (χ2v) is 10.1. The van der Waals surface area contributed by atoms with E-state index in [4.69, 9.17) is 0 Å². The molecule has 0 bridgehead atoms. The second-order valence-electron chi connectivity index (χ2n) is 8.17. The highest BCUT2D eigenvalue weighted by atomic mass is 32.2. The average molecular weight is 567 g/mol. The van der Waals surface area contributed by atoms with Gasteiger partial charge in [-0.3, -0.25) is 0 Å². The maximum Gasteiger partial charge on any atom is 0.387 e. The van der Waals surface area contributed by atoms with Gasteiger partial charge in [0.2, 0.25) is 9.84 Å². The van der Waals surface area contributed by atoms with E-state index in [1.165, 1.54) is 48.9 Å². The fourth-order valence-electron chi connectivity index (χ4n) is 3.86. The highest BCUT2D eigenvalue weighted by Gasteiger charge is 2.24. The molecule has 2 aromatic carbocycles. The number of halogens is 5. The van der Waals surface area contributed by atoms with Crippen LogP contribution in [0, 0.1) is 11.0 Å². The summed E-state index contributed by atoms with van der Waals surface area (Å²) in [4.78, 5) is 3.90. The zero-order valence-electron chi connectivity index (χ0n) is 19.8. The Kier molecular flexibility index (Phi) is 8.29. The van der Waals surface area contributed by atoms with E-state index in [-0.39, 0.29) is 16.3 Å². The molecule has 0 aliphatic heterocycles. The molecule has 0 saturated heterocycles. The Morgan fingerprint density at radius 2 is 1.44 bits per heavy atom. The highest BCUT2D eigenvalue weighted by Crippen LogP contribution is 2.37. The molecular weight excluding hydrogens is 547 g/mol. The zero-order valence-corrected chi connectivity index (χ0v) is 20.6. The van der Waals surface area contributed by atoms with Gasteiger partial charge in [0.25, 0.3) is 0 Å². The molecule has 4 rings (SSSR count). The largest absolute Gasteiger partial charge is 0.619 e. The van der Waals surface area contributed by atoms with Crippen molar-refractivity contribution in [3.8, 4) is 11.5 Å². The molecule has 0 spiro atoms. The van der Waals surface area contributed by atoms with Crippen LogP contribution in [0.2, 0.25) is 0 Å². The van der Waals surface area contributed by atoms with Crippen LogP contribution in [0.15, 0.2) is 95.2 Å². The average Bonchev–Trinajstić information content (AvgIpc) is 2.89. The third-order valence-electron chi connectivity index (χ3n) is 5.67. The fraction of sp³-hybridized carbons (Fsp3) is 0.154. The SMILES string of the molecule is O=S(=O)(c1ccc(F)cc1)c1ccc(C(Cc2cc[n+]([O-])cc2)c2ccc(OC(F)F)c(OC(F)F)c2)cn1. The summed E-state index contributed by atoms with van der Waals surface area (Å²) >= 11 is 0. The maximum absolute atomic E-state index is 13.2. The number of alkyl halides is 4. The van der Waals surface area contributed by atoms with Crippen molar-refractivity contribution in [2.75, 3.05) is 0 Å². The molecule has 0 aliphatic rings. The minimum atomic E-state index is -4.07. The molecule has 0 amide bonds. The molecular formula is C26H19F5N2O5S. The van der Waals surface area contributed by atoms with E-state index in [0.29, 0.717) is 21.4 Å². The Balaban J connectivity index is 1.75. The molecule has 0 radical (unpaired) electrons. The zero-order chi connectivity index (χ0) is 28.2. The first-order valence-corrected chi connectivity index (χ1v) is 12.7. The van der Waals surface area contributed by atoms with E-state index in [2.05, 4.69) is 14.5 Å². The molecule has 1 atom stereocenters. The van der Waals surface area contributed by atoms with Crippen molar-refractivity contribution in [3.63, 3.8) is 0 Å². The molecule has 0 aliphatic carbocycles. The molecule has 39 heavy (non-hydrogen) atoms. The number of hydrogen-bond acceptors (Lipinski definition) is 6. The summed E-state index contributed by atoms with van der Waals surface area (Å²) < 4.78 is 99.9. The lowest BCUT2D eigenvalue weighted by Gasteiger charge is -2.20. The monoisotopic (exact) mass is 566 g/mol. The maximum atomic E-state index is 13.2. The van der Waals surface area contributed by atoms with Gasteiger partial charge >= 0.3 is 13.2 Å². The number of sulfone groups is 1. The molecule has 0 fully saturated rings. The van der Waals surface area contributed by atoms with Crippen molar-refractivity contribution >= 4 is 9.84 Å². The molecule has 0 saturated carbocycles.